The molecule has 0 unspecified atom stereocenters. The lowest BCUT2D eigenvalue weighted by Crippen LogP contribution is -2.33. The Morgan fingerprint density at radius 1 is 1.33 bits per heavy atom. The third-order valence-corrected chi connectivity index (χ3v) is 5.73. The highest BCUT2D eigenvalue weighted by atomic mass is 32.2. The molecule has 0 aromatic carbocycles. The third kappa shape index (κ3) is 3.87. The Morgan fingerprint density at radius 2 is 2.05 bits per heavy atom. The average Bonchev–Trinajstić information content (AvgIpc) is 3.17. The Balaban J connectivity index is 2.27. The lowest BCUT2D eigenvalue weighted by atomic mass is 10.4. The molecule has 0 aliphatic heterocycles. The van der Waals surface area contributed by atoms with Crippen LogP contribution in [-0.2, 0) is 23.1 Å². The second kappa shape index (κ2) is 6.94. The standard InChI is InChI=1S/C15H27N3O2S/c1-3-7-17-12-15(9-14(17)10-16)21(19,20)18(8-4-2)11-13-5-6-13/h9,12-13H,3-8,10-11,16H2,1-2H3. The first kappa shape index (κ1) is 16.5. The van der Waals surface area contributed by atoms with E-state index >= 15 is 0 Å². The number of nitrogens with zero attached hydrogens (tertiary/aromatic N) is 2. The molecule has 2 rings (SSSR count). The second-order valence-electron chi connectivity index (χ2n) is 5.87. The van der Waals surface area contributed by atoms with Crippen LogP contribution >= 0.6 is 0 Å². The predicted molar refractivity (Wildman–Crippen MR) is 84.4 cm³/mol. The van der Waals surface area contributed by atoms with Gasteiger partial charge in [0.1, 0.15) is 4.90 Å². The average molecular weight is 313 g/mol. The molecule has 1 saturated carbocycles. The molecule has 1 aliphatic rings. The van der Waals surface area contributed by atoms with Gasteiger partial charge in [-0.1, -0.05) is 13.8 Å². The summed E-state index contributed by atoms with van der Waals surface area (Å²) in [6, 6.07) is 1.74. The van der Waals surface area contributed by atoms with Crippen molar-refractivity contribution in [3.05, 3.63) is 18.0 Å². The van der Waals surface area contributed by atoms with Gasteiger partial charge in [0.15, 0.2) is 0 Å². The molecule has 1 fully saturated rings. The van der Waals surface area contributed by atoms with Gasteiger partial charge >= 0.3 is 0 Å². The fourth-order valence-corrected chi connectivity index (χ4v) is 4.26. The van der Waals surface area contributed by atoms with E-state index in [1.807, 2.05) is 11.5 Å². The predicted octanol–water partition coefficient (Wildman–Crippen LogP) is 2.17. The van der Waals surface area contributed by atoms with E-state index in [1.54, 1.807) is 16.6 Å². The van der Waals surface area contributed by atoms with Crippen molar-refractivity contribution < 1.29 is 8.42 Å². The summed E-state index contributed by atoms with van der Waals surface area (Å²) in [7, 11) is -3.39. The summed E-state index contributed by atoms with van der Waals surface area (Å²) in [4.78, 5) is 0.394. The van der Waals surface area contributed by atoms with Gasteiger partial charge in [-0.25, -0.2) is 8.42 Å². The summed E-state index contributed by atoms with van der Waals surface area (Å²) in [5, 5.41) is 0. The zero-order valence-corrected chi connectivity index (χ0v) is 13.9. The van der Waals surface area contributed by atoms with Crippen LogP contribution in [0.25, 0.3) is 0 Å². The first-order chi connectivity index (χ1) is 10.0. The van der Waals surface area contributed by atoms with Gasteiger partial charge in [0.25, 0.3) is 0 Å². The van der Waals surface area contributed by atoms with Crippen LogP contribution in [-0.4, -0.2) is 30.4 Å². The van der Waals surface area contributed by atoms with Crippen LogP contribution in [0.3, 0.4) is 0 Å². The quantitative estimate of drug-likeness (QED) is 0.759. The number of hydrogen-bond acceptors (Lipinski definition) is 3. The summed E-state index contributed by atoms with van der Waals surface area (Å²) in [6.07, 6.45) is 5.85. The number of sulfonamides is 1. The van der Waals surface area contributed by atoms with Gasteiger partial charge in [0.05, 0.1) is 0 Å². The Bertz CT molecular complexity index is 561. The van der Waals surface area contributed by atoms with Gasteiger partial charge in [-0.2, -0.15) is 4.31 Å². The summed E-state index contributed by atoms with van der Waals surface area (Å²) < 4.78 is 29.3. The van der Waals surface area contributed by atoms with Crippen LogP contribution in [0, 0.1) is 5.92 Å². The minimum absolute atomic E-state index is 0.367. The Labute approximate surface area is 128 Å². The highest BCUT2D eigenvalue weighted by Gasteiger charge is 2.32. The second-order valence-corrected chi connectivity index (χ2v) is 7.81. The van der Waals surface area contributed by atoms with Crippen LogP contribution in [0.5, 0.6) is 0 Å². The number of aryl methyl sites for hydroxylation is 1. The normalized spacial score (nSPS) is 15.8. The molecule has 0 amide bonds. The molecule has 1 aromatic rings. The SMILES string of the molecule is CCCN(CC1CC1)S(=O)(=O)c1cc(CN)n(CCC)c1. The molecule has 1 heterocycles. The smallest absolute Gasteiger partial charge is 0.244 e. The molecule has 2 N–H and O–H groups in total. The first-order valence-electron chi connectivity index (χ1n) is 7.92. The van der Waals surface area contributed by atoms with Gasteiger partial charge in [0, 0.05) is 38.1 Å². The van der Waals surface area contributed by atoms with Gasteiger partial charge in [0.2, 0.25) is 10.0 Å². The van der Waals surface area contributed by atoms with Gasteiger partial charge in [-0.15, -0.1) is 0 Å². The van der Waals surface area contributed by atoms with Crippen molar-refractivity contribution in [2.24, 2.45) is 11.7 Å². The highest BCUT2D eigenvalue weighted by Crippen LogP contribution is 2.32. The van der Waals surface area contributed by atoms with Crippen molar-refractivity contribution >= 4 is 10.0 Å². The fraction of sp³-hybridized carbons (Fsp3) is 0.733. The minimum atomic E-state index is -3.39. The van der Waals surface area contributed by atoms with Crippen LogP contribution in [0.2, 0.25) is 0 Å². The molecular formula is C15H27N3O2S. The first-order valence-corrected chi connectivity index (χ1v) is 9.36. The number of nitrogens with two attached hydrogens (primary N) is 1. The van der Waals surface area contributed by atoms with E-state index < -0.39 is 10.0 Å². The van der Waals surface area contributed by atoms with Gasteiger partial charge < -0.3 is 10.3 Å². The number of aromatic nitrogens is 1. The molecule has 6 heteroatoms. The molecule has 0 bridgehead atoms. The maximum absolute atomic E-state index is 12.8. The molecule has 0 spiro atoms. The summed E-state index contributed by atoms with van der Waals surface area (Å²) in [5.74, 6) is 0.554. The maximum atomic E-state index is 12.8. The topological polar surface area (TPSA) is 68.3 Å². The third-order valence-electron chi connectivity index (χ3n) is 3.90. The number of rotatable bonds is 9. The maximum Gasteiger partial charge on any atom is 0.244 e. The van der Waals surface area contributed by atoms with Crippen molar-refractivity contribution in [2.75, 3.05) is 13.1 Å². The molecule has 1 aromatic heterocycles. The minimum Gasteiger partial charge on any atom is -0.349 e. The van der Waals surface area contributed by atoms with Crippen LogP contribution in [0.1, 0.15) is 45.2 Å². The van der Waals surface area contributed by atoms with Crippen molar-refractivity contribution in [3.63, 3.8) is 0 Å². The summed E-state index contributed by atoms with van der Waals surface area (Å²) in [6.45, 7) is 6.52. The molecule has 0 radical (unpaired) electrons. The Hall–Kier alpha value is -0.850. The summed E-state index contributed by atoms with van der Waals surface area (Å²) in [5.41, 5.74) is 6.62. The van der Waals surface area contributed by atoms with E-state index in [0.29, 0.717) is 30.4 Å². The van der Waals surface area contributed by atoms with Crippen molar-refractivity contribution in [1.29, 1.82) is 0 Å². The van der Waals surface area contributed by atoms with Gasteiger partial charge in [-0.3, -0.25) is 0 Å². The van der Waals surface area contributed by atoms with E-state index in [1.165, 1.54) is 0 Å². The Kier molecular flexibility index (Phi) is 5.46. The lowest BCUT2D eigenvalue weighted by Gasteiger charge is -2.20. The van der Waals surface area contributed by atoms with Crippen molar-refractivity contribution in [3.8, 4) is 0 Å². The van der Waals surface area contributed by atoms with E-state index in [2.05, 4.69) is 6.92 Å². The molecule has 21 heavy (non-hydrogen) atoms. The van der Waals surface area contributed by atoms with E-state index in [0.717, 1.165) is 37.9 Å². The molecule has 120 valence electrons. The largest absolute Gasteiger partial charge is 0.349 e. The highest BCUT2D eigenvalue weighted by molar-refractivity contribution is 7.89. The van der Waals surface area contributed by atoms with Crippen LogP contribution < -0.4 is 5.73 Å². The van der Waals surface area contributed by atoms with Gasteiger partial charge in [-0.05, 0) is 37.7 Å². The molecule has 1 aliphatic carbocycles. The molecule has 0 atom stereocenters. The van der Waals surface area contributed by atoms with Crippen molar-refractivity contribution in [1.82, 2.24) is 8.87 Å². The molecule has 5 nitrogen and oxygen atoms in total. The van der Waals surface area contributed by atoms with E-state index in [9.17, 15) is 8.42 Å². The Morgan fingerprint density at radius 3 is 2.57 bits per heavy atom. The molecule has 0 saturated heterocycles. The zero-order chi connectivity index (χ0) is 15.5. The van der Waals surface area contributed by atoms with Crippen LogP contribution in [0.4, 0.5) is 0 Å². The van der Waals surface area contributed by atoms with Crippen LogP contribution in [0.15, 0.2) is 17.2 Å². The zero-order valence-electron chi connectivity index (χ0n) is 13.1. The summed E-state index contributed by atoms with van der Waals surface area (Å²) >= 11 is 0. The van der Waals surface area contributed by atoms with E-state index in [-0.39, 0.29) is 0 Å². The lowest BCUT2D eigenvalue weighted by molar-refractivity contribution is 0.395. The monoisotopic (exact) mass is 313 g/mol. The molecular weight excluding hydrogens is 286 g/mol. The number of hydrogen-bond donors (Lipinski definition) is 1. The van der Waals surface area contributed by atoms with Crippen molar-refractivity contribution in [2.45, 2.75) is 57.5 Å². The fourth-order valence-electron chi connectivity index (χ4n) is 2.58. The van der Waals surface area contributed by atoms with E-state index in [4.69, 9.17) is 5.73 Å².